The Balaban J connectivity index is 2.78. The lowest BCUT2D eigenvalue weighted by Crippen LogP contribution is -2.24. The zero-order valence-corrected chi connectivity index (χ0v) is 10.7. The van der Waals surface area contributed by atoms with E-state index >= 15 is 0 Å². The Morgan fingerprint density at radius 3 is 2.75 bits per heavy atom. The van der Waals surface area contributed by atoms with E-state index < -0.39 is 12.1 Å². The zero-order chi connectivity index (χ0) is 12.1. The smallest absolute Gasteiger partial charge is 0.335 e. The molecule has 16 heavy (non-hydrogen) atoms. The SMILES string of the molecule is COC(=O)C(O)Cc1ccc(Br)c(OC)c1. The van der Waals surface area contributed by atoms with Gasteiger partial charge >= 0.3 is 5.97 Å². The molecule has 1 aromatic carbocycles. The Morgan fingerprint density at radius 2 is 2.19 bits per heavy atom. The van der Waals surface area contributed by atoms with Crippen LogP contribution >= 0.6 is 15.9 Å². The molecule has 0 amide bonds. The number of esters is 1. The van der Waals surface area contributed by atoms with Crippen LogP contribution in [0.25, 0.3) is 0 Å². The van der Waals surface area contributed by atoms with E-state index in [0.717, 1.165) is 10.0 Å². The molecule has 1 atom stereocenters. The molecule has 0 aromatic heterocycles. The standard InChI is InChI=1S/C11H13BrO4/c1-15-10-6-7(3-4-8(10)12)5-9(13)11(14)16-2/h3-4,6,9,13H,5H2,1-2H3. The maximum absolute atomic E-state index is 11.0. The number of aliphatic hydroxyl groups excluding tert-OH is 1. The van der Waals surface area contributed by atoms with E-state index in [-0.39, 0.29) is 6.42 Å². The summed E-state index contributed by atoms with van der Waals surface area (Å²) in [7, 11) is 2.80. The van der Waals surface area contributed by atoms with Gasteiger partial charge in [0.05, 0.1) is 18.7 Å². The van der Waals surface area contributed by atoms with Crippen LogP contribution in [0.15, 0.2) is 22.7 Å². The number of rotatable bonds is 4. The number of carbonyl (C=O) groups excluding carboxylic acids is 1. The molecule has 0 bridgehead atoms. The predicted molar refractivity (Wildman–Crippen MR) is 62.4 cm³/mol. The minimum atomic E-state index is -1.14. The Labute approximate surface area is 102 Å². The van der Waals surface area contributed by atoms with E-state index in [0.29, 0.717) is 5.75 Å². The first-order chi connectivity index (χ1) is 7.58. The number of methoxy groups -OCH3 is 2. The van der Waals surface area contributed by atoms with Gasteiger partial charge in [-0.1, -0.05) is 6.07 Å². The second-order valence-corrected chi connectivity index (χ2v) is 4.07. The van der Waals surface area contributed by atoms with Crippen LogP contribution in [0.1, 0.15) is 5.56 Å². The Kier molecular flexibility index (Phi) is 4.76. The third kappa shape index (κ3) is 3.21. The first-order valence-corrected chi connectivity index (χ1v) is 5.46. The molecule has 0 aliphatic heterocycles. The number of ether oxygens (including phenoxy) is 2. The predicted octanol–water partition coefficient (Wildman–Crippen LogP) is 1.53. The minimum absolute atomic E-state index is 0.205. The maximum atomic E-state index is 11.0. The summed E-state index contributed by atoms with van der Waals surface area (Å²) in [5, 5.41) is 9.48. The molecule has 1 rings (SSSR count). The van der Waals surface area contributed by atoms with E-state index in [9.17, 15) is 9.90 Å². The molecule has 5 heteroatoms. The first kappa shape index (κ1) is 13.0. The molecule has 0 saturated heterocycles. The quantitative estimate of drug-likeness (QED) is 0.854. The number of aliphatic hydroxyl groups is 1. The summed E-state index contributed by atoms with van der Waals surface area (Å²) in [6.07, 6.45) is -0.938. The first-order valence-electron chi connectivity index (χ1n) is 4.66. The lowest BCUT2D eigenvalue weighted by atomic mass is 10.1. The lowest BCUT2D eigenvalue weighted by molar-refractivity contribution is -0.150. The fraction of sp³-hybridized carbons (Fsp3) is 0.364. The van der Waals surface area contributed by atoms with Crippen LogP contribution in [0, 0.1) is 0 Å². The van der Waals surface area contributed by atoms with Crippen LogP contribution in [0.5, 0.6) is 5.75 Å². The van der Waals surface area contributed by atoms with Gasteiger partial charge in [-0.25, -0.2) is 4.79 Å². The van der Waals surface area contributed by atoms with E-state index in [1.807, 2.05) is 0 Å². The topological polar surface area (TPSA) is 55.8 Å². The van der Waals surface area contributed by atoms with E-state index in [1.165, 1.54) is 7.11 Å². The van der Waals surface area contributed by atoms with Gasteiger partial charge in [0.15, 0.2) is 6.10 Å². The van der Waals surface area contributed by atoms with Crippen molar-refractivity contribution in [2.24, 2.45) is 0 Å². The van der Waals surface area contributed by atoms with Gasteiger partial charge in [0.1, 0.15) is 5.75 Å². The van der Waals surface area contributed by atoms with Crippen molar-refractivity contribution in [2.75, 3.05) is 14.2 Å². The molecule has 0 fully saturated rings. The molecule has 0 aliphatic carbocycles. The van der Waals surface area contributed by atoms with Crippen molar-refractivity contribution in [2.45, 2.75) is 12.5 Å². The van der Waals surface area contributed by atoms with Crippen LogP contribution in [-0.4, -0.2) is 31.4 Å². The third-order valence-corrected chi connectivity index (χ3v) is 2.77. The van der Waals surface area contributed by atoms with Gasteiger partial charge in [-0.2, -0.15) is 0 Å². The van der Waals surface area contributed by atoms with Crippen molar-refractivity contribution in [3.63, 3.8) is 0 Å². The van der Waals surface area contributed by atoms with Gasteiger partial charge in [0.25, 0.3) is 0 Å². The molecule has 0 radical (unpaired) electrons. The van der Waals surface area contributed by atoms with Crippen LogP contribution in [0.2, 0.25) is 0 Å². The van der Waals surface area contributed by atoms with Crippen molar-refractivity contribution in [3.05, 3.63) is 28.2 Å². The number of carbonyl (C=O) groups is 1. The van der Waals surface area contributed by atoms with Gasteiger partial charge in [-0.15, -0.1) is 0 Å². The Hall–Kier alpha value is -1.07. The summed E-state index contributed by atoms with van der Waals surface area (Å²) in [5.74, 6) is 0.0245. The van der Waals surface area contributed by atoms with E-state index in [4.69, 9.17) is 4.74 Å². The second-order valence-electron chi connectivity index (χ2n) is 3.21. The fourth-order valence-corrected chi connectivity index (χ4v) is 1.68. The van der Waals surface area contributed by atoms with Gasteiger partial charge in [0, 0.05) is 6.42 Å². The highest BCUT2D eigenvalue weighted by molar-refractivity contribution is 9.10. The molecule has 88 valence electrons. The molecular formula is C11H13BrO4. The summed E-state index contributed by atoms with van der Waals surface area (Å²) in [6, 6.07) is 5.37. The summed E-state index contributed by atoms with van der Waals surface area (Å²) >= 11 is 3.32. The van der Waals surface area contributed by atoms with Crippen LogP contribution in [-0.2, 0) is 16.0 Å². The number of benzene rings is 1. The molecule has 0 heterocycles. The lowest BCUT2D eigenvalue weighted by Gasteiger charge is -2.10. The molecule has 1 aromatic rings. The minimum Gasteiger partial charge on any atom is -0.496 e. The van der Waals surface area contributed by atoms with Crippen LogP contribution < -0.4 is 4.74 Å². The van der Waals surface area contributed by atoms with Gasteiger partial charge in [-0.05, 0) is 33.6 Å². The zero-order valence-electron chi connectivity index (χ0n) is 9.07. The average molecular weight is 289 g/mol. The normalized spacial score (nSPS) is 12.0. The summed E-state index contributed by atoms with van der Waals surface area (Å²) in [5.41, 5.74) is 0.804. The highest BCUT2D eigenvalue weighted by Crippen LogP contribution is 2.26. The average Bonchev–Trinajstić information content (AvgIpc) is 2.30. The van der Waals surface area contributed by atoms with Crippen molar-refractivity contribution in [3.8, 4) is 5.75 Å². The molecule has 4 nitrogen and oxygen atoms in total. The van der Waals surface area contributed by atoms with Gasteiger partial charge in [-0.3, -0.25) is 0 Å². The van der Waals surface area contributed by atoms with E-state index in [1.54, 1.807) is 25.3 Å². The molecule has 1 N–H and O–H groups in total. The maximum Gasteiger partial charge on any atom is 0.335 e. The van der Waals surface area contributed by atoms with Crippen LogP contribution in [0.4, 0.5) is 0 Å². The number of halogens is 1. The van der Waals surface area contributed by atoms with Crippen molar-refractivity contribution < 1.29 is 19.4 Å². The second kappa shape index (κ2) is 5.86. The Bertz CT molecular complexity index is 378. The fourth-order valence-electron chi connectivity index (χ4n) is 1.27. The summed E-state index contributed by atoms with van der Waals surface area (Å²) in [6.45, 7) is 0. The molecular weight excluding hydrogens is 276 g/mol. The number of hydrogen-bond acceptors (Lipinski definition) is 4. The largest absolute Gasteiger partial charge is 0.496 e. The third-order valence-electron chi connectivity index (χ3n) is 2.12. The monoisotopic (exact) mass is 288 g/mol. The summed E-state index contributed by atoms with van der Waals surface area (Å²) < 4.78 is 10.4. The van der Waals surface area contributed by atoms with Crippen molar-refractivity contribution in [1.29, 1.82) is 0 Å². The van der Waals surface area contributed by atoms with Crippen LogP contribution in [0.3, 0.4) is 0 Å². The molecule has 1 unspecified atom stereocenters. The number of hydrogen-bond donors (Lipinski definition) is 1. The highest BCUT2D eigenvalue weighted by atomic mass is 79.9. The molecule has 0 aliphatic rings. The Morgan fingerprint density at radius 1 is 1.50 bits per heavy atom. The molecule has 0 spiro atoms. The van der Waals surface area contributed by atoms with Crippen molar-refractivity contribution in [1.82, 2.24) is 0 Å². The van der Waals surface area contributed by atoms with E-state index in [2.05, 4.69) is 20.7 Å². The highest BCUT2D eigenvalue weighted by Gasteiger charge is 2.16. The van der Waals surface area contributed by atoms with Crippen molar-refractivity contribution >= 4 is 21.9 Å². The molecule has 0 saturated carbocycles. The van der Waals surface area contributed by atoms with Gasteiger partial charge in [0.2, 0.25) is 0 Å². The summed E-state index contributed by atoms with van der Waals surface area (Å²) in [4.78, 5) is 11.0. The van der Waals surface area contributed by atoms with Gasteiger partial charge < -0.3 is 14.6 Å².